The van der Waals surface area contributed by atoms with Crippen LogP contribution in [0.5, 0.6) is 0 Å². The SMILES string of the molecule is CCS(=O)(=O)N1CCCC(C(=O)N2CCc3ccc(F)cc32)C1. The number of amides is 1. The number of fused-ring (bicyclic) bond motifs is 1. The summed E-state index contributed by atoms with van der Waals surface area (Å²) in [6.07, 6.45) is 2.07. The number of benzene rings is 1. The Bertz CT molecular complexity index is 720. The number of hydrogen-bond acceptors (Lipinski definition) is 3. The van der Waals surface area contributed by atoms with Crippen LogP contribution >= 0.6 is 0 Å². The molecular formula is C16H21FN2O3S. The van der Waals surface area contributed by atoms with Gasteiger partial charge in [-0.05, 0) is 43.9 Å². The van der Waals surface area contributed by atoms with Crippen molar-refractivity contribution in [1.82, 2.24) is 4.31 Å². The Balaban J connectivity index is 1.78. The van der Waals surface area contributed by atoms with Gasteiger partial charge in [-0.25, -0.2) is 17.1 Å². The van der Waals surface area contributed by atoms with Crippen LogP contribution in [0.3, 0.4) is 0 Å². The highest BCUT2D eigenvalue weighted by Crippen LogP contribution is 2.31. The van der Waals surface area contributed by atoms with Gasteiger partial charge in [0, 0.05) is 25.3 Å². The van der Waals surface area contributed by atoms with Crippen molar-refractivity contribution in [3.05, 3.63) is 29.6 Å². The first-order chi connectivity index (χ1) is 10.9. The molecule has 7 heteroatoms. The maximum Gasteiger partial charge on any atom is 0.231 e. The lowest BCUT2D eigenvalue weighted by Crippen LogP contribution is -2.46. The van der Waals surface area contributed by atoms with E-state index in [1.165, 1.54) is 16.4 Å². The van der Waals surface area contributed by atoms with E-state index in [4.69, 9.17) is 0 Å². The first-order valence-electron chi connectivity index (χ1n) is 8.00. The zero-order valence-corrected chi connectivity index (χ0v) is 14.0. The highest BCUT2D eigenvalue weighted by molar-refractivity contribution is 7.89. The molecule has 0 N–H and O–H groups in total. The number of piperidine rings is 1. The second-order valence-electron chi connectivity index (χ2n) is 6.11. The number of halogens is 1. The first kappa shape index (κ1) is 16.4. The molecule has 1 atom stereocenters. The summed E-state index contributed by atoms with van der Waals surface area (Å²) in [7, 11) is -3.28. The van der Waals surface area contributed by atoms with Crippen LogP contribution in [0.1, 0.15) is 25.3 Å². The van der Waals surface area contributed by atoms with E-state index < -0.39 is 10.0 Å². The van der Waals surface area contributed by atoms with Crippen LogP contribution in [0.4, 0.5) is 10.1 Å². The number of anilines is 1. The van der Waals surface area contributed by atoms with Gasteiger partial charge in [0.05, 0.1) is 11.7 Å². The lowest BCUT2D eigenvalue weighted by Gasteiger charge is -2.33. The van der Waals surface area contributed by atoms with Crippen LogP contribution in [0.2, 0.25) is 0 Å². The zero-order valence-electron chi connectivity index (χ0n) is 13.2. The lowest BCUT2D eigenvalue weighted by atomic mass is 9.98. The van der Waals surface area contributed by atoms with Gasteiger partial charge in [0.15, 0.2) is 0 Å². The summed E-state index contributed by atoms with van der Waals surface area (Å²) in [6.45, 7) is 2.86. The summed E-state index contributed by atoms with van der Waals surface area (Å²) in [5, 5.41) is 0. The van der Waals surface area contributed by atoms with Crippen molar-refractivity contribution in [2.45, 2.75) is 26.2 Å². The van der Waals surface area contributed by atoms with E-state index in [0.29, 0.717) is 38.0 Å². The highest BCUT2D eigenvalue weighted by Gasteiger charge is 2.35. The van der Waals surface area contributed by atoms with E-state index in [0.717, 1.165) is 5.56 Å². The van der Waals surface area contributed by atoms with Gasteiger partial charge >= 0.3 is 0 Å². The monoisotopic (exact) mass is 340 g/mol. The Morgan fingerprint density at radius 3 is 2.87 bits per heavy atom. The van der Waals surface area contributed by atoms with E-state index in [-0.39, 0.29) is 29.9 Å². The number of sulfonamides is 1. The van der Waals surface area contributed by atoms with Crippen LogP contribution in [0.25, 0.3) is 0 Å². The van der Waals surface area contributed by atoms with Gasteiger partial charge in [0.1, 0.15) is 5.82 Å². The molecule has 0 spiro atoms. The molecule has 23 heavy (non-hydrogen) atoms. The third kappa shape index (κ3) is 3.12. The molecule has 1 amide bonds. The minimum atomic E-state index is -3.28. The van der Waals surface area contributed by atoms with Crippen LogP contribution in [-0.4, -0.2) is 44.0 Å². The third-order valence-corrected chi connectivity index (χ3v) is 6.55. The Morgan fingerprint density at radius 1 is 1.35 bits per heavy atom. The smallest absolute Gasteiger partial charge is 0.231 e. The molecule has 1 unspecified atom stereocenters. The molecule has 0 bridgehead atoms. The van der Waals surface area contributed by atoms with Crippen LogP contribution in [0.15, 0.2) is 18.2 Å². The average molecular weight is 340 g/mol. The number of rotatable bonds is 3. The second kappa shape index (κ2) is 6.20. The zero-order chi connectivity index (χ0) is 16.6. The summed E-state index contributed by atoms with van der Waals surface area (Å²) >= 11 is 0. The lowest BCUT2D eigenvalue weighted by molar-refractivity contribution is -0.123. The van der Waals surface area contributed by atoms with Crippen molar-refractivity contribution >= 4 is 21.6 Å². The molecule has 0 aromatic heterocycles. The van der Waals surface area contributed by atoms with Crippen molar-refractivity contribution < 1.29 is 17.6 Å². The Hall–Kier alpha value is -1.47. The Labute approximate surface area is 136 Å². The largest absolute Gasteiger partial charge is 0.311 e. The minimum Gasteiger partial charge on any atom is -0.311 e. The highest BCUT2D eigenvalue weighted by atomic mass is 32.2. The molecule has 1 aromatic carbocycles. The topological polar surface area (TPSA) is 57.7 Å². The fraction of sp³-hybridized carbons (Fsp3) is 0.562. The molecular weight excluding hydrogens is 319 g/mol. The predicted octanol–water partition coefficient (Wildman–Crippen LogP) is 1.78. The molecule has 126 valence electrons. The summed E-state index contributed by atoms with van der Waals surface area (Å²) in [6, 6.07) is 4.51. The maximum absolute atomic E-state index is 13.5. The van der Waals surface area contributed by atoms with Gasteiger partial charge in [-0.1, -0.05) is 6.07 Å². The first-order valence-corrected chi connectivity index (χ1v) is 9.61. The van der Waals surface area contributed by atoms with E-state index in [1.807, 2.05) is 0 Å². The van der Waals surface area contributed by atoms with E-state index in [9.17, 15) is 17.6 Å². The summed E-state index contributed by atoms with van der Waals surface area (Å²) in [4.78, 5) is 14.4. The van der Waals surface area contributed by atoms with E-state index in [2.05, 4.69) is 0 Å². The van der Waals surface area contributed by atoms with Crippen LogP contribution < -0.4 is 4.90 Å². The Morgan fingerprint density at radius 2 is 2.13 bits per heavy atom. The van der Waals surface area contributed by atoms with Crippen LogP contribution in [0, 0.1) is 11.7 Å². The van der Waals surface area contributed by atoms with Gasteiger partial charge in [0.25, 0.3) is 0 Å². The van der Waals surface area contributed by atoms with Gasteiger partial charge in [-0.15, -0.1) is 0 Å². The van der Waals surface area contributed by atoms with E-state index >= 15 is 0 Å². The quantitative estimate of drug-likeness (QED) is 0.843. The van der Waals surface area contributed by atoms with Crippen molar-refractivity contribution in [3.63, 3.8) is 0 Å². The molecule has 5 nitrogen and oxygen atoms in total. The molecule has 1 fully saturated rings. The number of carbonyl (C=O) groups excluding carboxylic acids is 1. The van der Waals surface area contributed by atoms with Gasteiger partial charge in [-0.3, -0.25) is 4.79 Å². The fourth-order valence-electron chi connectivity index (χ4n) is 3.38. The van der Waals surface area contributed by atoms with Crippen molar-refractivity contribution in [2.24, 2.45) is 5.92 Å². The molecule has 0 saturated carbocycles. The summed E-state index contributed by atoms with van der Waals surface area (Å²) < 4.78 is 39.0. The minimum absolute atomic E-state index is 0.0473. The van der Waals surface area contributed by atoms with Gasteiger partial charge in [-0.2, -0.15) is 0 Å². The third-order valence-electron chi connectivity index (χ3n) is 4.70. The summed E-state index contributed by atoms with van der Waals surface area (Å²) in [5.74, 6) is -0.752. The van der Waals surface area contributed by atoms with Crippen molar-refractivity contribution in [1.29, 1.82) is 0 Å². The fourth-order valence-corrected chi connectivity index (χ4v) is 4.56. The number of carbonyl (C=O) groups is 1. The average Bonchev–Trinajstić information content (AvgIpc) is 2.97. The normalized spacial score (nSPS) is 22.2. The maximum atomic E-state index is 13.5. The Kier molecular flexibility index (Phi) is 4.42. The van der Waals surface area contributed by atoms with Crippen molar-refractivity contribution in [2.75, 3.05) is 30.3 Å². The number of nitrogens with zero attached hydrogens (tertiary/aromatic N) is 2. The molecule has 2 aliphatic rings. The molecule has 0 radical (unpaired) electrons. The van der Waals surface area contributed by atoms with E-state index in [1.54, 1.807) is 17.9 Å². The molecule has 2 aliphatic heterocycles. The molecule has 1 aromatic rings. The van der Waals surface area contributed by atoms with Crippen molar-refractivity contribution in [3.8, 4) is 0 Å². The standard InChI is InChI=1S/C16H21FN2O3S/c1-2-23(21,22)18-8-3-4-13(11-18)16(20)19-9-7-12-5-6-14(17)10-15(12)19/h5-6,10,13H,2-4,7-9,11H2,1H3. The summed E-state index contributed by atoms with van der Waals surface area (Å²) in [5.41, 5.74) is 1.60. The molecule has 2 heterocycles. The molecule has 1 saturated heterocycles. The van der Waals surface area contributed by atoms with Gasteiger partial charge < -0.3 is 4.90 Å². The second-order valence-corrected chi connectivity index (χ2v) is 8.37. The predicted molar refractivity (Wildman–Crippen MR) is 86.2 cm³/mol. The number of hydrogen-bond donors (Lipinski definition) is 0. The van der Waals surface area contributed by atoms with Crippen LogP contribution in [-0.2, 0) is 21.2 Å². The molecule has 0 aliphatic carbocycles. The van der Waals surface area contributed by atoms with Gasteiger partial charge in [0.2, 0.25) is 15.9 Å². The molecule has 3 rings (SSSR count).